The molecule has 1 heterocycles. The van der Waals surface area contributed by atoms with Crippen molar-refractivity contribution in [1.29, 1.82) is 0 Å². The van der Waals surface area contributed by atoms with Gasteiger partial charge in [-0.25, -0.2) is 4.98 Å². The first-order valence-electron chi connectivity index (χ1n) is 8.93. The molecule has 0 aliphatic heterocycles. The first kappa shape index (κ1) is 20.5. The average Bonchev–Trinajstić information content (AvgIpc) is 3.19. The Kier molecular flexibility index (Phi) is 7.14. The van der Waals surface area contributed by atoms with Gasteiger partial charge in [0.1, 0.15) is 12.4 Å². The third-order valence-electron chi connectivity index (χ3n) is 4.04. The molecule has 7 heteroatoms. The van der Waals surface area contributed by atoms with Crippen LogP contribution in [0.5, 0.6) is 5.75 Å². The Morgan fingerprint density at radius 2 is 2.07 bits per heavy atom. The van der Waals surface area contributed by atoms with Gasteiger partial charge in [0.05, 0.1) is 6.10 Å². The Labute approximate surface area is 173 Å². The zero-order valence-electron chi connectivity index (χ0n) is 15.4. The number of hydrogen-bond acceptors (Lipinski definition) is 5. The van der Waals surface area contributed by atoms with Crippen LogP contribution in [0.4, 0.5) is 0 Å². The molecule has 2 aromatic carbocycles. The molecule has 0 radical (unpaired) electrons. The van der Waals surface area contributed by atoms with E-state index in [0.29, 0.717) is 28.5 Å². The van der Waals surface area contributed by atoms with E-state index in [2.05, 4.69) is 4.98 Å². The number of ketones is 1. The zero-order valence-corrected chi connectivity index (χ0v) is 17.0. The highest BCUT2D eigenvalue weighted by molar-refractivity contribution is 7.99. The second-order valence-corrected chi connectivity index (χ2v) is 7.56. The number of carbonyl (C=O) groups excluding carboxylic acids is 1. The van der Waals surface area contributed by atoms with Crippen molar-refractivity contribution in [3.05, 3.63) is 71.5 Å². The van der Waals surface area contributed by atoms with Gasteiger partial charge in [-0.1, -0.05) is 36.4 Å². The van der Waals surface area contributed by atoms with Gasteiger partial charge in [-0.15, -0.1) is 0 Å². The summed E-state index contributed by atoms with van der Waals surface area (Å²) in [4.78, 5) is 16.0. The number of imidazole rings is 1. The molecule has 1 unspecified atom stereocenters. The number of nitrogens with zero attached hydrogens (tertiary/aromatic N) is 2. The molecule has 1 N–H and O–H groups in total. The first-order chi connectivity index (χ1) is 13.6. The van der Waals surface area contributed by atoms with Gasteiger partial charge >= 0.3 is 0 Å². The van der Waals surface area contributed by atoms with Crippen LogP contribution in [0.25, 0.3) is 5.69 Å². The topological polar surface area (TPSA) is 64.3 Å². The second-order valence-electron chi connectivity index (χ2n) is 6.14. The van der Waals surface area contributed by atoms with Crippen LogP contribution in [0.3, 0.4) is 0 Å². The smallest absolute Gasteiger partial charge is 0.172 e. The van der Waals surface area contributed by atoms with Crippen LogP contribution in [0.1, 0.15) is 23.7 Å². The van der Waals surface area contributed by atoms with Gasteiger partial charge in [0.2, 0.25) is 0 Å². The van der Waals surface area contributed by atoms with E-state index >= 15 is 0 Å². The lowest BCUT2D eigenvalue weighted by Crippen LogP contribution is -2.20. The van der Waals surface area contributed by atoms with Crippen molar-refractivity contribution < 1.29 is 14.6 Å². The molecule has 0 bridgehead atoms. The molecule has 0 fully saturated rings. The molecular formula is C21H21ClN2O3S. The summed E-state index contributed by atoms with van der Waals surface area (Å²) >= 11 is 7.50. The maximum atomic E-state index is 11.6. The Morgan fingerprint density at radius 1 is 1.29 bits per heavy atom. The van der Waals surface area contributed by atoms with Crippen molar-refractivity contribution >= 4 is 29.1 Å². The number of Topliss-reactive ketones (excluding diaryl/α,β-unsaturated/α-hetero) is 1. The van der Waals surface area contributed by atoms with Crippen LogP contribution in [0.2, 0.25) is 5.02 Å². The van der Waals surface area contributed by atoms with Gasteiger partial charge in [0.15, 0.2) is 10.9 Å². The summed E-state index contributed by atoms with van der Waals surface area (Å²) in [7, 11) is 0. The van der Waals surface area contributed by atoms with Crippen LogP contribution in [0.15, 0.2) is 66.1 Å². The highest BCUT2D eigenvalue weighted by Gasteiger charge is 2.11. The predicted octanol–water partition coefficient (Wildman–Crippen LogP) is 4.65. The number of halogens is 1. The Bertz CT molecular complexity index is 927. The maximum absolute atomic E-state index is 11.6. The van der Waals surface area contributed by atoms with E-state index in [1.165, 1.54) is 11.8 Å². The lowest BCUT2D eigenvalue weighted by Gasteiger charge is -2.13. The second kappa shape index (κ2) is 9.78. The minimum absolute atomic E-state index is 0.0955. The molecule has 146 valence electrons. The number of thioether (sulfide) groups is 1. The third kappa shape index (κ3) is 5.38. The Hall–Kier alpha value is -2.28. The predicted molar refractivity (Wildman–Crippen MR) is 112 cm³/mol. The van der Waals surface area contributed by atoms with Gasteiger partial charge < -0.3 is 9.84 Å². The van der Waals surface area contributed by atoms with Gasteiger partial charge in [-0.05, 0) is 42.5 Å². The fourth-order valence-electron chi connectivity index (χ4n) is 2.57. The van der Waals surface area contributed by atoms with Crippen molar-refractivity contribution in [2.75, 3.05) is 12.4 Å². The Morgan fingerprint density at radius 3 is 2.79 bits per heavy atom. The lowest BCUT2D eigenvalue weighted by molar-refractivity contribution is 0.0987. The van der Waals surface area contributed by atoms with Crippen molar-refractivity contribution in [1.82, 2.24) is 9.55 Å². The molecule has 5 nitrogen and oxygen atoms in total. The molecule has 28 heavy (non-hydrogen) atoms. The number of ether oxygens (including phenoxy) is 1. The van der Waals surface area contributed by atoms with Crippen LogP contribution in [-0.2, 0) is 0 Å². The molecule has 0 aliphatic carbocycles. The van der Waals surface area contributed by atoms with Gasteiger partial charge in [0.25, 0.3) is 0 Å². The van der Waals surface area contributed by atoms with Crippen molar-refractivity contribution in [2.24, 2.45) is 0 Å². The summed E-state index contributed by atoms with van der Waals surface area (Å²) < 4.78 is 7.54. The summed E-state index contributed by atoms with van der Waals surface area (Å²) in [5.41, 5.74) is 1.58. The fraction of sp³-hybridized carbons (Fsp3) is 0.238. The number of carbonyl (C=O) groups is 1. The van der Waals surface area contributed by atoms with Crippen molar-refractivity contribution in [3.8, 4) is 11.4 Å². The highest BCUT2D eigenvalue weighted by atomic mass is 35.5. The largest absolute Gasteiger partial charge is 0.491 e. The molecular weight excluding hydrogens is 396 g/mol. The number of rotatable bonds is 9. The highest BCUT2D eigenvalue weighted by Crippen LogP contribution is 2.23. The fourth-order valence-corrected chi connectivity index (χ4v) is 3.63. The number of aliphatic hydroxyl groups is 1. The molecule has 1 aromatic heterocycles. The number of benzene rings is 2. The van der Waals surface area contributed by atoms with Gasteiger partial charge in [-0.2, -0.15) is 0 Å². The number of hydrogen-bond donors (Lipinski definition) is 1. The minimum Gasteiger partial charge on any atom is -0.491 e. The van der Waals surface area contributed by atoms with E-state index in [4.69, 9.17) is 16.3 Å². The van der Waals surface area contributed by atoms with E-state index < -0.39 is 6.10 Å². The third-order valence-corrected chi connectivity index (χ3v) is 5.38. The number of aliphatic hydroxyl groups excluding tert-OH is 1. The molecule has 0 amide bonds. The Balaban J connectivity index is 1.52. The summed E-state index contributed by atoms with van der Waals surface area (Å²) in [6.45, 7) is 1.99. The molecule has 0 spiro atoms. The molecule has 0 aliphatic rings. The van der Waals surface area contributed by atoms with Gasteiger partial charge in [-0.3, -0.25) is 9.36 Å². The first-order valence-corrected chi connectivity index (χ1v) is 10.3. The number of aromatic nitrogens is 2. The average molecular weight is 417 g/mol. The SMILES string of the molecule is CCC(=O)c1ccc(OCC(O)CSc2nccn2-c2cccc(Cl)c2)cc1. The normalized spacial score (nSPS) is 12.0. The van der Waals surface area contributed by atoms with Crippen LogP contribution >= 0.6 is 23.4 Å². The molecule has 1 atom stereocenters. The van der Waals surface area contributed by atoms with Gasteiger partial charge in [0, 0.05) is 40.8 Å². The summed E-state index contributed by atoms with van der Waals surface area (Å²) in [5, 5.41) is 11.7. The quantitative estimate of drug-likeness (QED) is 0.406. The molecule has 3 rings (SSSR count). The summed E-state index contributed by atoms with van der Waals surface area (Å²) in [6, 6.07) is 14.5. The monoisotopic (exact) mass is 416 g/mol. The van der Waals surface area contributed by atoms with Crippen LogP contribution in [-0.4, -0.2) is 38.9 Å². The lowest BCUT2D eigenvalue weighted by atomic mass is 10.1. The zero-order chi connectivity index (χ0) is 19.9. The van der Waals surface area contributed by atoms with E-state index in [1.54, 1.807) is 30.5 Å². The van der Waals surface area contributed by atoms with E-state index in [-0.39, 0.29) is 12.4 Å². The summed E-state index contributed by atoms with van der Waals surface area (Å²) in [6.07, 6.45) is 3.38. The maximum Gasteiger partial charge on any atom is 0.172 e. The standard InChI is InChI=1S/C21H21ClN2O3S/c1-2-20(26)15-6-8-19(9-7-15)27-13-18(25)14-28-21-23-10-11-24(21)17-5-3-4-16(22)12-17/h3-12,18,25H,2,13-14H2,1H3. The molecule has 0 saturated carbocycles. The molecule has 3 aromatic rings. The van der Waals surface area contributed by atoms with Crippen molar-refractivity contribution in [2.45, 2.75) is 24.6 Å². The van der Waals surface area contributed by atoms with E-state index in [1.807, 2.05) is 42.0 Å². The minimum atomic E-state index is -0.661. The van der Waals surface area contributed by atoms with E-state index in [0.717, 1.165) is 10.8 Å². The van der Waals surface area contributed by atoms with Crippen LogP contribution in [0, 0.1) is 0 Å². The summed E-state index contributed by atoms with van der Waals surface area (Å²) in [5.74, 6) is 1.15. The van der Waals surface area contributed by atoms with Crippen LogP contribution < -0.4 is 4.74 Å². The van der Waals surface area contributed by atoms with E-state index in [9.17, 15) is 9.90 Å². The van der Waals surface area contributed by atoms with Crippen molar-refractivity contribution in [3.63, 3.8) is 0 Å². The molecule has 0 saturated heterocycles.